The molecular weight excluding hydrogens is 252 g/mol. The molecule has 0 aliphatic carbocycles. The molecule has 3 rings (SSSR count). The molecule has 0 bridgehead atoms. The maximum atomic E-state index is 6.11. The van der Waals surface area contributed by atoms with Crippen molar-refractivity contribution in [3.05, 3.63) is 29.3 Å². The van der Waals surface area contributed by atoms with Crippen LogP contribution in [0.15, 0.2) is 24.3 Å². The van der Waals surface area contributed by atoms with Gasteiger partial charge in [-0.15, -0.1) is 22.9 Å². The Labute approximate surface area is 110 Å². The lowest BCUT2D eigenvalue weighted by Crippen LogP contribution is -2.33. The number of fused-ring (bicyclic) bond motifs is 1. The first-order valence-electron chi connectivity index (χ1n) is 6.02. The molecule has 17 heavy (non-hydrogen) atoms. The normalized spacial score (nSPS) is 18.9. The molecule has 0 unspecified atom stereocenters. The molecule has 0 atom stereocenters. The first-order valence-corrected chi connectivity index (χ1v) is 7.27. The van der Waals surface area contributed by atoms with Gasteiger partial charge in [-0.3, -0.25) is 4.90 Å². The topological polar surface area (TPSA) is 16.1 Å². The van der Waals surface area contributed by atoms with Crippen molar-refractivity contribution in [1.29, 1.82) is 0 Å². The molecule has 1 fully saturated rings. The standard InChI is InChI=1S/C13H15ClN2S/c14-10-5-7-16(8-6-10)9-13-15-11-3-1-2-4-12(11)17-13/h1-4,10H,5-9H2. The van der Waals surface area contributed by atoms with Crippen molar-refractivity contribution in [1.82, 2.24) is 9.88 Å². The highest BCUT2D eigenvalue weighted by Crippen LogP contribution is 2.24. The second kappa shape index (κ2) is 4.92. The van der Waals surface area contributed by atoms with Gasteiger partial charge < -0.3 is 0 Å². The van der Waals surface area contributed by atoms with Crippen LogP contribution in [-0.4, -0.2) is 28.4 Å². The van der Waals surface area contributed by atoms with E-state index in [1.165, 1.54) is 9.71 Å². The Morgan fingerprint density at radius 2 is 2.06 bits per heavy atom. The Balaban J connectivity index is 1.72. The van der Waals surface area contributed by atoms with Crippen LogP contribution < -0.4 is 0 Å². The molecule has 90 valence electrons. The predicted molar refractivity (Wildman–Crippen MR) is 73.8 cm³/mol. The third-order valence-electron chi connectivity index (χ3n) is 3.21. The lowest BCUT2D eigenvalue weighted by atomic mass is 10.1. The van der Waals surface area contributed by atoms with Crippen molar-refractivity contribution in [2.75, 3.05) is 13.1 Å². The third kappa shape index (κ3) is 2.62. The van der Waals surface area contributed by atoms with Crippen molar-refractivity contribution in [2.24, 2.45) is 0 Å². The van der Waals surface area contributed by atoms with Gasteiger partial charge >= 0.3 is 0 Å². The summed E-state index contributed by atoms with van der Waals surface area (Å²) in [6.45, 7) is 3.18. The number of aromatic nitrogens is 1. The van der Waals surface area contributed by atoms with Crippen molar-refractivity contribution in [2.45, 2.75) is 24.8 Å². The summed E-state index contributed by atoms with van der Waals surface area (Å²) < 4.78 is 1.29. The van der Waals surface area contributed by atoms with E-state index in [0.29, 0.717) is 5.38 Å². The summed E-state index contributed by atoms with van der Waals surface area (Å²) in [5, 5.41) is 1.60. The van der Waals surface area contributed by atoms with Crippen LogP contribution in [0, 0.1) is 0 Å². The molecule has 4 heteroatoms. The number of halogens is 1. The molecule has 0 amide bonds. The van der Waals surface area contributed by atoms with E-state index in [0.717, 1.165) is 38.0 Å². The summed E-state index contributed by atoms with van der Waals surface area (Å²) in [6, 6.07) is 8.34. The smallest absolute Gasteiger partial charge is 0.108 e. The highest BCUT2D eigenvalue weighted by atomic mass is 35.5. The van der Waals surface area contributed by atoms with Gasteiger partial charge in [0.15, 0.2) is 0 Å². The zero-order chi connectivity index (χ0) is 11.7. The molecule has 1 saturated heterocycles. The van der Waals surface area contributed by atoms with Crippen LogP contribution in [0.2, 0.25) is 0 Å². The monoisotopic (exact) mass is 266 g/mol. The van der Waals surface area contributed by atoms with Gasteiger partial charge in [0.2, 0.25) is 0 Å². The van der Waals surface area contributed by atoms with E-state index in [4.69, 9.17) is 11.6 Å². The highest BCUT2D eigenvalue weighted by molar-refractivity contribution is 7.18. The summed E-state index contributed by atoms with van der Waals surface area (Å²) in [5.41, 5.74) is 1.12. The SMILES string of the molecule is ClC1CCN(Cc2nc3ccccc3s2)CC1. The number of benzene rings is 1. The number of para-hydroxylation sites is 1. The lowest BCUT2D eigenvalue weighted by Gasteiger charge is -2.28. The average molecular weight is 267 g/mol. The summed E-state index contributed by atoms with van der Waals surface area (Å²) in [7, 11) is 0. The third-order valence-corrected chi connectivity index (χ3v) is 4.67. The van der Waals surface area contributed by atoms with E-state index in [2.05, 4.69) is 28.1 Å². The molecule has 0 N–H and O–H groups in total. The second-order valence-corrected chi connectivity index (χ2v) is 6.26. The number of likely N-dealkylation sites (tertiary alicyclic amines) is 1. The minimum atomic E-state index is 0.376. The predicted octanol–water partition coefficient (Wildman–Crippen LogP) is 3.50. The van der Waals surface area contributed by atoms with Crippen LogP contribution in [0.4, 0.5) is 0 Å². The molecule has 1 aromatic carbocycles. The molecule has 0 saturated carbocycles. The van der Waals surface area contributed by atoms with Crippen LogP contribution in [-0.2, 0) is 6.54 Å². The molecule has 2 nitrogen and oxygen atoms in total. The van der Waals surface area contributed by atoms with E-state index in [1.807, 2.05) is 6.07 Å². The molecule has 2 aromatic rings. The first-order chi connectivity index (χ1) is 8.31. The van der Waals surface area contributed by atoms with Gasteiger partial charge in [-0.25, -0.2) is 4.98 Å². The van der Waals surface area contributed by atoms with Gasteiger partial charge in [-0.2, -0.15) is 0 Å². The number of nitrogens with zero attached hydrogens (tertiary/aromatic N) is 2. The van der Waals surface area contributed by atoms with Gasteiger partial charge in [0, 0.05) is 5.38 Å². The number of piperidine rings is 1. The zero-order valence-corrected chi connectivity index (χ0v) is 11.2. The number of hydrogen-bond donors (Lipinski definition) is 0. The fraction of sp³-hybridized carbons (Fsp3) is 0.462. The van der Waals surface area contributed by atoms with Crippen LogP contribution >= 0.6 is 22.9 Å². The fourth-order valence-corrected chi connectivity index (χ4v) is 3.44. The van der Waals surface area contributed by atoms with Gasteiger partial charge in [-0.1, -0.05) is 12.1 Å². The first kappa shape index (κ1) is 11.5. The number of hydrogen-bond acceptors (Lipinski definition) is 3. The van der Waals surface area contributed by atoms with Gasteiger partial charge in [-0.05, 0) is 38.1 Å². The molecule has 0 spiro atoms. The van der Waals surface area contributed by atoms with Crippen molar-refractivity contribution < 1.29 is 0 Å². The summed E-state index contributed by atoms with van der Waals surface area (Å²) in [4.78, 5) is 7.12. The zero-order valence-electron chi connectivity index (χ0n) is 9.60. The van der Waals surface area contributed by atoms with E-state index >= 15 is 0 Å². The Morgan fingerprint density at radius 3 is 2.82 bits per heavy atom. The van der Waals surface area contributed by atoms with Crippen LogP contribution in [0.1, 0.15) is 17.8 Å². The lowest BCUT2D eigenvalue weighted by molar-refractivity contribution is 0.223. The molecule has 0 radical (unpaired) electrons. The van der Waals surface area contributed by atoms with E-state index in [1.54, 1.807) is 11.3 Å². The fourth-order valence-electron chi connectivity index (χ4n) is 2.24. The maximum absolute atomic E-state index is 6.11. The quantitative estimate of drug-likeness (QED) is 0.774. The minimum Gasteiger partial charge on any atom is -0.297 e. The van der Waals surface area contributed by atoms with Gasteiger partial charge in [0.25, 0.3) is 0 Å². The van der Waals surface area contributed by atoms with Crippen molar-refractivity contribution in [3.63, 3.8) is 0 Å². The molecule has 1 aliphatic heterocycles. The second-order valence-electron chi connectivity index (χ2n) is 4.53. The summed E-state index contributed by atoms with van der Waals surface area (Å²) in [5.74, 6) is 0. The largest absolute Gasteiger partial charge is 0.297 e. The summed E-state index contributed by atoms with van der Waals surface area (Å²) in [6.07, 6.45) is 2.21. The molecular formula is C13H15ClN2S. The van der Waals surface area contributed by atoms with Gasteiger partial charge in [0.05, 0.1) is 16.8 Å². The minimum absolute atomic E-state index is 0.376. The number of thiazole rings is 1. The van der Waals surface area contributed by atoms with E-state index in [-0.39, 0.29) is 0 Å². The average Bonchev–Trinajstić information content (AvgIpc) is 2.74. The Kier molecular flexibility index (Phi) is 3.32. The van der Waals surface area contributed by atoms with Crippen molar-refractivity contribution >= 4 is 33.2 Å². The Morgan fingerprint density at radius 1 is 1.29 bits per heavy atom. The maximum Gasteiger partial charge on any atom is 0.108 e. The van der Waals surface area contributed by atoms with E-state index < -0.39 is 0 Å². The van der Waals surface area contributed by atoms with Crippen molar-refractivity contribution in [3.8, 4) is 0 Å². The molecule has 2 heterocycles. The van der Waals surface area contributed by atoms with Crippen LogP contribution in [0.3, 0.4) is 0 Å². The molecule has 1 aliphatic rings. The van der Waals surface area contributed by atoms with Gasteiger partial charge in [0.1, 0.15) is 5.01 Å². The summed E-state index contributed by atoms with van der Waals surface area (Å²) >= 11 is 7.92. The molecule has 1 aromatic heterocycles. The Bertz CT molecular complexity index is 470. The van der Waals surface area contributed by atoms with Crippen LogP contribution in [0.25, 0.3) is 10.2 Å². The van der Waals surface area contributed by atoms with E-state index in [9.17, 15) is 0 Å². The highest BCUT2D eigenvalue weighted by Gasteiger charge is 2.18. The Hall–Kier alpha value is -0.640. The van der Waals surface area contributed by atoms with Crippen LogP contribution in [0.5, 0.6) is 0 Å². The number of alkyl halides is 1. The number of rotatable bonds is 2.